The smallest absolute Gasteiger partial charge is 0.234 e. The van der Waals surface area contributed by atoms with Gasteiger partial charge in [0.05, 0.1) is 6.54 Å². The van der Waals surface area contributed by atoms with Gasteiger partial charge in [-0.3, -0.25) is 4.79 Å². The van der Waals surface area contributed by atoms with Crippen molar-refractivity contribution in [3.05, 3.63) is 0 Å². The minimum absolute atomic E-state index is 0.103. The van der Waals surface area contributed by atoms with Crippen molar-refractivity contribution in [1.82, 2.24) is 15.5 Å². The molecule has 0 saturated carbocycles. The maximum Gasteiger partial charge on any atom is 0.234 e. The maximum atomic E-state index is 11.4. The van der Waals surface area contributed by atoms with Crippen LogP contribution in [0.2, 0.25) is 0 Å². The number of nitrogens with zero attached hydrogens (tertiary/aromatic N) is 1. The number of likely N-dealkylation sites (tertiary alicyclic amines) is 1. The first-order valence-electron chi connectivity index (χ1n) is 6.84. The fourth-order valence-electron chi connectivity index (χ4n) is 2.27. The van der Waals surface area contributed by atoms with Crippen LogP contribution in [0.4, 0.5) is 0 Å². The zero-order chi connectivity index (χ0) is 12.7. The number of hydrogen-bond acceptors (Lipinski definition) is 3. The van der Waals surface area contributed by atoms with E-state index in [-0.39, 0.29) is 11.9 Å². The molecule has 0 aromatic heterocycles. The number of amides is 1. The highest BCUT2D eigenvalue weighted by atomic mass is 16.1. The second-order valence-electron chi connectivity index (χ2n) is 5.23. The quantitative estimate of drug-likeness (QED) is 0.724. The molecule has 0 aromatic carbocycles. The Morgan fingerprint density at radius 1 is 1.35 bits per heavy atom. The summed E-state index contributed by atoms with van der Waals surface area (Å²) in [6.45, 7) is 11.2. The van der Waals surface area contributed by atoms with E-state index in [0.717, 1.165) is 19.0 Å². The van der Waals surface area contributed by atoms with Crippen LogP contribution in [0, 0.1) is 5.92 Å². The van der Waals surface area contributed by atoms with Gasteiger partial charge in [0.15, 0.2) is 0 Å². The molecule has 100 valence electrons. The third kappa shape index (κ3) is 6.03. The van der Waals surface area contributed by atoms with Gasteiger partial charge in [-0.2, -0.15) is 0 Å². The van der Waals surface area contributed by atoms with Gasteiger partial charge in [0.25, 0.3) is 0 Å². The van der Waals surface area contributed by atoms with Gasteiger partial charge in [0.2, 0.25) is 5.91 Å². The lowest BCUT2D eigenvalue weighted by Gasteiger charge is -2.31. The summed E-state index contributed by atoms with van der Waals surface area (Å²) in [6.07, 6.45) is 2.51. The highest BCUT2D eigenvalue weighted by molar-refractivity contribution is 5.78. The van der Waals surface area contributed by atoms with Crippen molar-refractivity contribution in [2.24, 2.45) is 5.92 Å². The van der Waals surface area contributed by atoms with Gasteiger partial charge in [0, 0.05) is 6.04 Å². The first-order chi connectivity index (χ1) is 8.11. The molecule has 0 aliphatic carbocycles. The third-order valence-corrected chi connectivity index (χ3v) is 3.32. The molecule has 17 heavy (non-hydrogen) atoms. The minimum Gasteiger partial charge on any atom is -0.353 e. The van der Waals surface area contributed by atoms with Gasteiger partial charge in [0.1, 0.15) is 0 Å². The Hall–Kier alpha value is -0.610. The predicted octanol–water partition coefficient (Wildman–Crippen LogP) is 0.833. The predicted molar refractivity (Wildman–Crippen MR) is 71.0 cm³/mol. The molecule has 0 spiro atoms. The fourth-order valence-corrected chi connectivity index (χ4v) is 2.27. The number of piperidine rings is 1. The summed E-state index contributed by atoms with van der Waals surface area (Å²) < 4.78 is 0. The second-order valence-corrected chi connectivity index (χ2v) is 5.23. The molecule has 4 heteroatoms. The Labute approximate surface area is 105 Å². The van der Waals surface area contributed by atoms with E-state index in [4.69, 9.17) is 0 Å². The first kappa shape index (κ1) is 14.5. The van der Waals surface area contributed by atoms with Gasteiger partial charge in [-0.1, -0.05) is 6.92 Å². The van der Waals surface area contributed by atoms with E-state index in [2.05, 4.69) is 22.5 Å². The molecular formula is C13H27N3O. The molecule has 1 amide bonds. The summed E-state index contributed by atoms with van der Waals surface area (Å²) in [4.78, 5) is 13.9. The summed E-state index contributed by atoms with van der Waals surface area (Å²) >= 11 is 0. The largest absolute Gasteiger partial charge is 0.353 e. The SMILES string of the molecule is CCN1CCC(CNCC(=O)NC(C)C)CC1. The normalized spacial score (nSPS) is 18.6. The number of nitrogens with one attached hydrogen (secondary N) is 2. The number of carbonyl (C=O) groups excluding carboxylic acids is 1. The molecule has 4 nitrogen and oxygen atoms in total. The zero-order valence-corrected chi connectivity index (χ0v) is 11.5. The molecule has 1 fully saturated rings. The highest BCUT2D eigenvalue weighted by Gasteiger charge is 2.17. The summed E-state index contributed by atoms with van der Waals surface area (Å²) in [5, 5.41) is 6.15. The molecule has 1 saturated heterocycles. The van der Waals surface area contributed by atoms with Gasteiger partial charge in [-0.05, 0) is 58.8 Å². The summed E-state index contributed by atoms with van der Waals surface area (Å²) in [5.41, 5.74) is 0. The van der Waals surface area contributed by atoms with Crippen LogP contribution in [0.3, 0.4) is 0 Å². The number of carbonyl (C=O) groups is 1. The van der Waals surface area contributed by atoms with Crippen LogP contribution < -0.4 is 10.6 Å². The minimum atomic E-state index is 0.103. The van der Waals surface area contributed by atoms with E-state index in [9.17, 15) is 4.79 Å². The third-order valence-electron chi connectivity index (χ3n) is 3.32. The Bertz CT molecular complexity index is 223. The molecule has 1 heterocycles. The van der Waals surface area contributed by atoms with E-state index < -0.39 is 0 Å². The van der Waals surface area contributed by atoms with Crippen LogP contribution in [0.25, 0.3) is 0 Å². The van der Waals surface area contributed by atoms with Crippen LogP contribution in [0.5, 0.6) is 0 Å². The molecule has 0 radical (unpaired) electrons. The molecule has 0 atom stereocenters. The molecule has 1 rings (SSSR count). The standard InChI is InChI=1S/C13H27N3O/c1-4-16-7-5-12(6-8-16)9-14-10-13(17)15-11(2)3/h11-12,14H,4-10H2,1-3H3,(H,15,17). The van der Waals surface area contributed by atoms with E-state index in [1.807, 2.05) is 13.8 Å². The average molecular weight is 241 g/mol. The summed E-state index contributed by atoms with van der Waals surface area (Å²) in [7, 11) is 0. The Morgan fingerprint density at radius 2 is 2.00 bits per heavy atom. The van der Waals surface area contributed by atoms with E-state index in [0.29, 0.717) is 6.54 Å². The average Bonchev–Trinajstić information content (AvgIpc) is 2.29. The van der Waals surface area contributed by atoms with Crippen molar-refractivity contribution < 1.29 is 4.79 Å². The summed E-state index contributed by atoms with van der Waals surface area (Å²) in [5.74, 6) is 0.843. The molecule has 1 aliphatic heterocycles. The lowest BCUT2D eigenvalue weighted by molar-refractivity contribution is -0.120. The van der Waals surface area contributed by atoms with Crippen LogP contribution in [0.1, 0.15) is 33.6 Å². The van der Waals surface area contributed by atoms with Crippen LogP contribution in [-0.4, -0.2) is 49.6 Å². The van der Waals surface area contributed by atoms with Crippen molar-refractivity contribution in [3.63, 3.8) is 0 Å². The second kappa shape index (κ2) is 7.67. The lowest BCUT2D eigenvalue weighted by Crippen LogP contribution is -2.41. The highest BCUT2D eigenvalue weighted by Crippen LogP contribution is 2.15. The van der Waals surface area contributed by atoms with Crippen LogP contribution in [0.15, 0.2) is 0 Å². The molecule has 0 unspecified atom stereocenters. The van der Waals surface area contributed by atoms with Gasteiger partial charge < -0.3 is 15.5 Å². The topological polar surface area (TPSA) is 44.4 Å². The lowest BCUT2D eigenvalue weighted by atomic mass is 9.97. The van der Waals surface area contributed by atoms with Crippen molar-refractivity contribution in [3.8, 4) is 0 Å². The number of rotatable bonds is 6. The Morgan fingerprint density at radius 3 is 2.53 bits per heavy atom. The van der Waals surface area contributed by atoms with Gasteiger partial charge >= 0.3 is 0 Å². The monoisotopic (exact) mass is 241 g/mol. The summed E-state index contributed by atoms with van der Waals surface area (Å²) in [6, 6.07) is 0.233. The van der Waals surface area contributed by atoms with E-state index in [1.54, 1.807) is 0 Å². The molecule has 1 aliphatic rings. The van der Waals surface area contributed by atoms with E-state index in [1.165, 1.54) is 25.9 Å². The zero-order valence-electron chi connectivity index (χ0n) is 11.5. The van der Waals surface area contributed by atoms with Crippen molar-refractivity contribution in [2.75, 3.05) is 32.7 Å². The van der Waals surface area contributed by atoms with Gasteiger partial charge in [-0.15, -0.1) is 0 Å². The Balaban J connectivity index is 2.05. The van der Waals surface area contributed by atoms with Crippen LogP contribution in [-0.2, 0) is 4.79 Å². The Kier molecular flexibility index (Phi) is 6.52. The van der Waals surface area contributed by atoms with Crippen molar-refractivity contribution >= 4 is 5.91 Å². The van der Waals surface area contributed by atoms with E-state index >= 15 is 0 Å². The van der Waals surface area contributed by atoms with Crippen LogP contribution >= 0.6 is 0 Å². The maximum absolute atomic E-state index is 11.4. The molecule has 0 bridgehead atoms. The molecule has 0 aromatic rings. The first-order valence-corrected chi connectivity index (χ1v) is 6.84. The molecular weight excluding hydrogens is 214 g/mol. The van der Waals surface area contributed by atoms with Gasteiger partial charge in [-0.25, -0.2) is 0 Å². The fraction of sp³-hybridized carbons (Fsp3) is 0.923. The van der Waals surface area contributed by atoms with Crippen molar-refractivity contribution in [1.29, 1.82) is 0 Å². The number of hydrogen-bond donors (Lipinski definition) is 2. The molecule has 2 N–H and O–H groups in total. The van der Waals surface area contributed by atoms with Crippen molar-refractivity contribution in [2.45, 2.75) is 39.7 Å².